The number of likely N-dealkylation sites (tertiary alicyclic amines) is 1. The lowest BCUT2D eigenvalue weighted by Gasteiger charge is -2.32. The van der Waals surface area contributed by atoms with Gasteiger partial charge in [-0.3, -0.25) is 19.4 Å². The number of carbonyl (C=O) groups excluding carboxylic acids is 4. The van der Waals surface area contributed by atoms with Crippen molar-refractivity contribution in [3.05, 3.63) is 82.4 Å². The van der Waals surface area contributed by atoms with Gasteiger partial charge in [-0.2, -0.15) is 0 Å². The smallest absolute Gasteiger partial charge is 0.407 e. The van der Waals surface area contributed by atoms with Crippen LogP contribution in [-0.2, 0) is 38.7 Å². The highest BCUT2D eigenvalue weighted by molar-refractivity contribution is 7.90. The van der Waals surface area contributed by atoms with Gasteiger partial charge in [0.15, 0.2) is 0 Å². The van der Waals surface area contributed by atoms with E-state index in [1.165, 1.54) is 12.0 Å². The van der Waals surface area contributed by atoms with Crippen LogP contribution in [0.4, 0.5) is 4.79 Å². The van der Waals surface area contributed by atoms with Crippen LogP contribution in [0.1, 0.15) is 100 Å². The highest BCUT2D eigenvalue weighted by atomic mass is 32.2. The van der Waals surface area contributed by atoms with Gasteiger partial charge in [0.1, 0.15) is 36.5 Å². The van der Waals surface area contributed by atoms with Gasteiger partial charge >= 0.3 is 12.1 Å². The maximum atomic E-state index is 14.4. The molecular formula is C49H67N7O11S. The predicted octanol–water partition coefficient (Wildman–Crippen LogP) is 4.81. The van der Waals surface area contributed by atoms with E-state index < -0.39 is 75.5 Å². The summed E-state index contributed by atoms with van der Waals surface area (Å²) in [6.07, 6.45) is 0.0688. The molecule has 4 amide bonds. The third kappa shape index (κ3) is 13.3. The van der Waals surface area contributed by atoms with Gasteiger partial charge in [-0.05, 0) is 125 Å². The molecular weight excluding hydrogens is 895 g/mol. The Hall–Kier alpha value is -6.21. The summed E-state index contributed by atoms with van der Waals surface area (Å²) < 4.78 is 46.5. The van der Waals surface area contributed by atoms with Crippen LogP contribution in [0.2, 0.25) is 0 Å². The van der Waals surface area contributed by atoms with Gasteiger partial charge in [0.05, 0.1) is 24.2 Å². The van der Waals surface area contributed by atoms with E-state index in [2.05, 4.69) is 25.7 Å². The van der Waals surface area contributed by atoms with E-state index in [0.717, 1.165) is 22.3 Å². The molecule has 5 rings (SSSR count). The number of sulfonamides is 1. The fourth-order valence-corrected chi connectivity index (χ4v) is 10.1. The van der Waals surface area contributed by atoms with Crippen molar-refractivity contribution < 1.29 is 51.7 Å². The Bertz CT molecular complexity index is 2440. The summed E-state index contributed by atoms with van der Waals surface area (Å²) in [4.78, 5) is 73.5. The Kier molecular flexibility index (Phi) is 17.6. The fourth-order valence-electron chi connectivity index (χ4n) is 8.66. The largest absolute Gasteiger partial charge is 0.496 e. The molecule has 0 radical (unpaired) electrons. The molecule has 18 nitrogen and oxygen atoms in total. The molecule has 4 atom stereocenters. The minimum atomic E-state index is -4.17. The number of nitrogens with two attached hydrogens (primary N) is 1. The van der Waals surface area contributed by atoms with Gasteiger partial charge in [-0.25, -0.2) is 22.7 Å². The van der Waals surface area contributed by atoms with Crippen molar-refractivity contribution in [3.8, 4) is 16.9 Å². The number of carboxylic acid groups (broad SMARTS) is 1. The van der Waals surface area contributed by atoms with E-state index in [-0.39, 0.29) is 68.7 Å². The summed E-state index contributed by atoms with van der Waals surface area (Å²) in [7, 11) is -2.67. The number of hydrogen-bond donors (Lipinski definition) is 6. The Morgan fingerprint density at radius 2 is 1.54 bits per heavy atom. The first-order valence-electron chi connectivity index (χ1n) is 22.9. The van der Waals surface area contributed by atoms with E-state index in [4.69, 9.17) is 19.9 Å². The molecule has 68 heavy (non-hydrogen) atoms. The van der Waals surface area contributed by atoms with Crippen LogP contribution in [0.5, 0.6) is 5.75 Å². The quantitative estimate of drug-likeness (QED) is 0.0507. The van der Waals surface area contributed by atoms with E-state index >= 15 is 0 Å². The van der Waals surface area contributed by atoms with Crippen LogP contribution in [0.3, 0.4) is 0 Å². The van der Waals surface area contributed by atoms with Crippen LogP contribution in [0.15, 0.2) is 64.5 Å². The van der Waals surface area contributed by atoms with Gasteiger partial charge in [-0.1, -0.05) is 62.4 Å². The SMILES string of the molecule is COc1cc(C)c(S(=O)(=O)NC(N)=NCCC[C@H](NC(=O)OCC2c3ccccc3-c3ccccc32)C(=O)N[C@H](COC(C)(C)C)C(=O)N2CCC[C@@H]2C(=O)N[C@@H](CC(C)C)C(=O)O)c(C)c1C. The number of carboxylic acids is 1. The lowest BCUT2D eigenvalue weighted by molar-refractivity contribution is -0.146. The molecule has 0 spiro atoms. The minimum Gasteiger partial charge on any atom is -0.496 e. The number of nitrogens with one attached hydrogen (secondary N) is 4. The van der Waals surface area contributed by atoms with Crippen molar-refractivity contribution in [1.29, 1.82) is 0 Å². The van der Waals surface area contributed by atoms with Crippen LogP contribution < -0.4 is 31.1 Å². The van der Waals surface area contributed by atoms with Crippen molar-refractivity contribution in [2.24, 2.45) is 16.6 Å². The molecule has 0 saturated carbocycles. The predicted molar refractivity (Wildman–Crippen MR) is 257 cm³/mol. The van der Waals surface area contributed by atoms with Crippen LogP contribution in [0.25, 0.3) is 11.1 Å². The number of aryl methyl sites for hydroxylation is 1. The van der Waals surface area contributed by atoms with E-state index in [1.807, 2.05) is 62.4 Å². The number of fused-ring (bicyclic) bond motifs is 3. The first kappa shape index (κ1) is 52.8. The zero-order valence-corrected chi connectivity index (χ0v) is 41.3. The number of aliphatic carboxylic acids is 1. The van der Waals surface area contributed by atoms with Crippen LogP contribution >= 0.6 is 0 Å². The summed E-state index contributed by atoms with van der Waals surface area (Å²) in [6, 6.07) is 12.5. The average molecular weight is 962 g/mol. The molecule has 3 aromatic rings. The molecule has 7 N–H and O–H groups in total. The van der Waals surface area contributed by atoms with E-state index in [0.29, 0.717) is 28.9 Å². The van der Waals surface area contributed by atoms with Gasteiger partial charge in [-0.15, -0.1) is 0 Å². The maximum Gasteiger partial charge on any atom is 0.407 e. The van der Waals surface area contributed by atoms with Crippen molar-refractivity contribution >= 4 is 45.8 Å². The standard InChI is InChI=1S/C49H67N7O11S/c1-28(2)24-38(46(60)61)52-44(58)40-21-15-23-56(40)45(59)39(27-67-49(6,7)8)53-43(57)37(54-48(62)66-26-36-34-18-12-10-16-32(34)33-17-11-13-19-35(33)36)20-14-22-51-47(50)55-68(63,64)42-29(3)25-41(65-9)30(4)31(42)5/h10-13,16-19,25,28,36-40H,14-15,20-24,26-27H2,1-9H3,(H,52,58)(H,53,57)(H,54,62)(H,60,61)(H3,50,51,55)/t37-,38-,39+,40+/m0/s1. The third-order valence-corrected chi connectivity index (χ3v) is 13.7. The molecule has 0 aromatic heterocycles. The number of nitrogens with zero attached hydrogens (tertiary/aromatic N) is 2. The number of rotatable bonds is 20. The number of methoxy groups -OCH3 is 1. The van der Waals surface area contributed by atoms with Gasteiger partial charge in [0.2, 0.25) is 23.7 Å². The summed E-state index contributed by atoms with van der Waals surface area (Å²) in [6.45, 7) is 13.8. The lowest BCUT2D eigenvalue weighted by atomic mass is 9.98. The summed E-state index contributed by atoms with van der Waals surface area (Å²) in [5, 5.41) is 17.8. The number of guanidine groups is 1. The number of ether oxygens (including phenoxy) is 3. The third-order valence-electron chi connectivity index (χ3n) is 12.0. The number of alkyl carbamates (subject to hydrolysis) is 1. The van der Waals surface area contributed by atoms with Gasteiger partial charge in [0.25, 0.3) is 10.0 Å². The maximum absolute atomic E-state index is 14.4. The van der Waals surface area contributed by atoms with Gasteiger partial charge in [0, 0.05) is 19.0 Å². The summed E-state index contributed by atoms with van der Waals surface area (Å²) in [5.41, 5.74) is 11.0. The zero-order chi connectivity index (χ0) is 50.1. The topological polar surface area (TPSA) is 257 Å². The number of aliphatic imine (C=N–C) groups is 1. The Balaban J connectivity index is 1.35. The lowest BCUT2D eigenvalue weighted by Crippen LogP contribution is -2.59. The van der Waals surface area contributed by atoms with Crippen LogP contribution in [-0.4, -0.2) is 117 Å². The normalized spacial score (nSPS) is 16.3. The molecule has 2 aliphatic rings. The number of hydrogen-bond acceptors (Lipinski definition) is 11. The first-order valence-corrected chi connectivity index (χ1v) is 24.4. The average Bonchev–Trinajstić information content (AvgIpc) is 3.89. The summed E-state index contributed by atoms with van der Waals surface area (Å²) in [5.74, 6) is -3.35. The van der Waals surface area contributed by atoms with E-state index in [1.54, 1.807) is 47.6 Å². The molecule has 370 valence electrons. The van der Waals surface area contributed by atoms with Crippen molar-refractivity contribution in [2.45, 2.75) is 128 Å². The molecule has 1 fully saturated rings. The first-order chi connectivity index (χ1) is 32.0. The highest BCUT2D eigenvalue weighted by Crippen LogP contribution is 2.44. The molecule has 3 aromatic carbocycles. The Morgan fingerprint density at radius 3 is 2.13 bits per heavy atom. The van der Waals surface area contributed by atoms with Gasteiger partial charge < -0.3 is 45.9 Å². The number of carbonyl (C=O) groups is 5. The van der Waals surface area contributed by atoms with E-state index in [9.17, 15) is 37.5 Å². The Labute approximate surface area is 399 Å². The monoisotopic (exact) mass is 961 g/mol. The van der Waals surface area contributed by atoms with Crippen molar-refractivity contribution in [3.63, 3.8) is 0 Å². The molecule has 1 aliphatic carbocycles. The second kappa shape index (κ2) is 22.7. The Morgan fingerprint density at radius 1 is 0.912 bits per heavy atom. The molecule has 1 heterocycles. The second-order valence-corrected chi connectivity index (χ2v) is 20.3. The van der Waals surface area contributed by atoms with Crippen molar-refractivity contribution in [1.82, 2.24) is 25.6 Å². The minimum absolute atomic E-state index is 0.0260. The summed E-state index contributed by atoms with van der Waals surface area (Å²) >= 11 is 0. The fraction of sp³-hybridized carbons (Fsp3) is 0.510. The molecule has 19 heteroatoms. The number of amides is 4. The highest BCUT2D eigenvalue weighted by Gasteiger charge is 2.40. The number of benzene rings is 3. The molecule has 0 bridgehead atoms. The molecule has 1 saturated heterocycles. The van der Waals surface area contributed by atoms with Crippen molar-refractivity contribution in [2.75, 3.05) is 33.4 Å². The molecule has 0 unspecified atom stereocenters. The van der Waals surface area contributed by atoms with Crippen LogP contribution in [0, 0.1) is 26.7 Å². The zero-order valence-electron chi connectivity index (χ0n) is 40.4. The molecule has 1 aliphatic heterocycles. The second-order valence-electron chi connectivity index (χ2n) is 18.7.